The van der Waals surface area contributed by atoms with E-state index in [1.807, 2.05) is 12.1 Å². The second-order valence-electron chi connectivity index (χ2n) is 5.42. The molecule has 1 fully saturated rings. The molecule has 2 N–H and O–H groups in total. The van der Waals surface area contributed by atoms with E-state index in [1.165, 1.54) is 4.31 Å². The van der Waals surface area contributed by atoms with Gasteiger partial charge in [0.2, 0.25) is 10.0 Å². The molecule has 2 unspecified atom stereocenters. The standard InChI is InChI=1S/C14H23N3O2S/c1-11-12(8-6-10-15-11)16-13-7-4-5-9-14(13)20(18,19)17(2)3/h4-5,7,9,11-12,15-16H,6,8,10H2,1-3H3. The van der Waals surface area contributed by atoms with Gasteiger partial charge in [0.15, 0.2) is 0 Å². The van der Waals surface area contributed by atoms with Gasteiger partial charge in [0, 0.05) is 26.2 Å². The summed E-state index contributed by atoms with van der Waals surface area (Å²) < 4.78 is 25.9. The zero-order valence-electron chi connectivity index (χ0n) is 12.3. The van der Waals surface area contributed by atoms with Crippen molar-refractivity contribution in [3.63, 3.8) is 0 Å². The lowest BCUT2D eigenvalue weighted by Crippen LogP contribution is -2.46. The molecule has 1 aromatic carbocycles. The molecule has 1 heterocycles. The first kappa shape index (κ1) is 15.3. The highest BCUT2D eigenvalue weighted by Gasteiger charge is 2.25. The van der Waals surface area contributed by atoms with Crippen LogP contribution in [0.1, 0.15) is 19.8 Å². The SMILES string of the molecule is CC1NCCCC1Nc1ccccc1S(=O)(=O)N(C)C. The summed E-state index contributed by atoms with van der Waals surface area (Å²) in [5.41, 5.74) is 0.682. The topological polar surface area (TPSA) is 61.4 Å². The molecule has 0 radical (unpaired) electrons. The van der Waals surface area contributed by atoms with E-state index < -0.39 is 10.0 Å². The lowest BCUT2D eigenvalue weighted by molar-refractivity contribution is 0.389. The summed E-state index contributed by atoms with van der Waals surface area (Å²) in [5.74, 6) is 0. The van der Waals surface area contributed by atoms with E-state index in [1.54, 1.807) is 26.2 Å². The van der Waals surface area contributed by atoms with Gasteiger partial charge in [-0.2, -0.15) is 0 Å². The summed E-state index contributed by atoms with van der Waals surface area (Å²) in [6.45, 7) is 3.15. The third kappa shape index (κ3) is 3.13. The first-order valence-electron chi connectivity index (χ1n) is 6.94. The van der Waals surface area contributed by atoms with Crippen LogP contribution in [-0.4, -0.2) is 45.4 Å². The number of hydrogen-bond acceptors (Lipinski definition) is 4. The number of nitrogens with one attached hydrogen (secondary N) is 2. The molecule has 20 heavy (non-hydrogen) atoms. The summed E-state index contributed by atoms with van der Waals surface area (Å²) in [6, 6.07) is 7.68. The Bertz CT molecular complexity index is 557. The fourth-order valence-electron chi connectivity index (χ4n) is 2.45. The maximum absolute atomic E-state index is 12.3. The molecule has 2 rings (SSSR count). The summed E-state index contributed by atoms with van der Waals surface area (Å²) in [4.78, 5) is 0.336. The fraction of sp³-hybridized carbons (Fsp3) is 0.571. The highest BCUT2D eigenvalue weighted by molar-refractivity contribution is 7.89. The van der Waals surface area contributed by atoms with Crippen LogP contribution in [0.3, 0.4) is 0 Å². The van der Waals surface area contributed by atoms with Gasteiger partial charge in [0.05, 0.1) is 5.69 Å². The van der Waals surface area contributed by atoms with Gasteiger partial charge in [-0.25, -0.2) is 12.7 Å². The van der Waals surface area contributed by atoms with Gasteiger partial charge in [-0.15, -0.1) is 0 Å². The minimum atomic E-state index is -3.43. The predicted octanol–water partition coefficient (Wildman–Crippen LogP) is 1.49. The molecule has 1 aliphatic rings. The van der Waals surface area contributed by atoms with Gasteiger partial charge < -0.3 is 10.6 Å². The number of rotatable bonds is 4. The van der Waals surface area contributed by atoms with Crippen LogP contribution in [-0.2, 0) is 10.0 Å². The van der Waals surface area contributed by atoms with Crippen LogP contribution >= 0.6 is 0 Å². The lowest BCUT2D eigenvalue weighted by atomic mass is 9.99. The summed E-state index contributed by atoms with van der Waals surface area (Å²) in [6.07, 6.45) is 2.15. The average molecular weight is 297 g/mol. The van der Waals surface area contributed by atoms with Crippen molar-refractivity contribution in [3.05, 3.63) is 24.3 Å². The number of piperidine rings is 1. The molecule has 0 amide bonds. The van der Waals surface area contributed by atoms with E-state index in [0.717, 1.165) is 19.4 Å². The van der Waals surface area contributed by atoms with Crippen molar-refractivity contribution in [2.75, 3.05) is 26.0 Å². The van der Waals surface area contributed by atoms with E-state index in [4.69, 9.17) is 0 Å². The molecule has 0 spiro atoms. The van der Waals surface area contributed by atoms with Crippen LogP contribution in [0.25, 0.3) is 0 Å². The molecular weight excluding hydrogens is 274 g/mol. The minimum absolute atomic E-state index is 0.252. The fourth-order valence-corrected chi connectivity index (χ4v) is 3.50. The quantitative estimate of drug-likeness (QED) is 0.884. The van der Waals surface area contributed by atoms with Crippen LogP contribution in [0.4, 0.5) is 5.69 Å². The van der Waals surface area contributed by atoms with E-state index in [2.05, 4.69) is 17.6 Å². The molecule has 5 nitrogen and oxygen atoms in total. The number of para-hydroxylation sites is 1. The molecule has 1 aromatic rings. The van der Waals surface area contributed by atoms with Gasteiger partial charge >= 0.3 is 0 Å². The van der Waals surface area contributed by atoms with Crippen LogP contribution in [0.2, 0.25) is 0 Å². The Labute approximate surface area is 121 Å². The second-order valence-corrected chi connectivity index (χ2v) is 7.54. The molecular formula is C14H23N3O2S. The summed E-state index contributed by atoms with van der Waals surface area (Å²) >= 11 is 0. The lowest BCUT2D eigenvalue weighted by Gasteiger charge is -2.32. The number of anilines is 1. The summed E-state index contributed by atoms with van der Waals surface area (Å²) in [7, 11) is -0.320. The van der Waals surface area contributed by atoms with Crippen molar-refractivity contribution in [1.82, 2.24) is 9.62 Å². The first-order valence-corrected chi connectivity index (χ1v) is 8.38. The zero-order valence-corrected chi connectivity index (χ0v) is 13.1. The third-order valence-corrected chi connectivity index (χ3v) is 5.62. The van der Waals surface area contributed by atoms with Crippen molar-refractivity contribution in [1.29, 1.82) is 0 Å². The Kier molecular flexibility index (Phi) is 4.67. The van der Waals surface area contributed by atoms with Gasteiger partial charge in [0.1, 0.15) is 4.90 Å². The largest absolute Gasteiger partial charge is 0.380 e. The molecule has 1 aliphatic heterocycles. The molecule has 6 heteroatoms. The van der Waals surface area contributed by atoms with Gasteiger partial charge in [-0.3, -0.25) is 0 Å². The number of hydrogen-bond donors (Lipinski definition) is 2. The Hall–Kier alpha value is -1.11. The van der Waals surface area contributed by atoms with Crippen molar-refractivity contribution in [2.45, 2.75) is 36.7 Å². The van der Waals surface area contributed by atoms with Crippen LogP contribution in [0.15, 0.2) is 29.2 Å². The Morgan fingerprint density at radius 1 is 1.30 bits per heavy atom. The van der Waals surface area contributed by atoms with Crippen LogP contribution < -0.4 is 10.6 Å². The van der Waals surface area contributed by atoms with Crippen molar-refractivity contribution in [3.8, 4) is 0 Å². The maximum Gasteiger partial charge on any atom is 0.244 e. The molecule has 112 valence electrons. The zero-order chi connectivity index (χ0) is 14.8. The smallest absolute Gasteiger partial charge is 0.244 e. The van der Waals surface area contributed by atoms with E-state index in [9.17, 15) is 8.42 Å². The second kappa shape index (κ2) is 6.11. The number of benzene rings is 1. The molecule has 0 saturated carbocycles. The Morgan fingerprint density at radius 2 is 2.00 bits per heavy atom. The van der Waals surface area contributed by atoms with Gasteiger partial charge in [0.25, 0.3) is 0 Å². The van der Waals surface area contributed by atoms with Crippen molar-refractivity contribution in [2.24, 2.45) is 0 Å². The predicted molar refractivity (Wildman–Crippen MR) is 81.4 cm³/mol. The van der Waals surface area contributed by atoms with Gasteiger partial charge in [-0.05, 0) is 38.4 Å². The molecule has 0 aliphatic carbocycles. The molecule has 2 atom stereocenters. The average Bonchev–Trinajstić information content (AvgIpc) is 2.41. The number of nitrogens with zero attached hydrogens (tertiary/aromatic N) is 1. The van der Waals surface area contributed by atoms with Crippen molar-refractivity contribution < 1.29 is 8.42 Å². The van der Waals surface area contributed by atoms with E-state index >= 15 is 0 Å². The normalized spacial score (nSPS) is 23.8. The highest BCUT2D eigenvalue weighted by atomic mass is 32.2. The first-order chi connectivity index (χ1) is 9.43. The minimum Gasteiger partial charge on any atom is -0.380 e. The maximum atomic E-state index is 12.3. The molecule has 0 aromatic heterocycles. The third-order valence-electron chi connectivity index (χ3n) is 3.75. The highest BCUT2D eigenvalue weighted by Crippen LogP contribution is 2.25. The van der Waals surface area contributed by atoms with E-state index in [0.29, 0.717) is 16.6 Å². The summed E-state index contributed by atoms with van der Waals surface area (Å²) in [5, 5.41) is 6.80. The number of sulfonamides is 1. The van der Waals surface area contributed by atoms with Crippen LogP contribution in [0.5, 0.6) is 0 Å². The monoisotopic (exact) mass is 297 g/mol. The Balaban J connectivity index is 2.29. The van der Waals surface area contributed by atoms with E-state index in [-0.39, 0.29) is 6.04 Å². The Morgan fingerprint density at radius 3 is 2.65 bits per heavy atom. The molecule has 0 bridgehead atoms. The van der Waals surface area contributed by atoms with Crippen LogP contribution in [0, 0.1) is 0 Å². The molecule has 1 saturated heterocycles. The van der Waals surface area contributed by atoms with Gasteiger partial charge in [-0.1, -0.05) is 12.1 Å². The van der Waals surface area contributed by atoms with Crippen molar-refractivity contribution >= 4 is 15.7 Å².